The van der Waals surface area contributed by atoms with Crippen LogP contribution < -0.4 is 3.58 Å². The molecule has 14 heavy (non-hydrogen) atoms. The summed E-state index contributed by atoms with van der Waals surface area (Å²) in [5, 5.41) is 0. The van der Waals surface area contributed by atoms with Crippen LogP contribution in [0, 0.1) is 0 Å². The van der Waals surface area contributed by atoms with Gasteiger partial charge in [0.25, 0.3) is 0 Å². The van der Waals surface area contributed by atoms with Gasteiger partial charge in [-0.2, -0.15) is 0 Å². The van der Waals surface area contributed by atoms with Gasteiger partial charge in [-0.05, 0) is 0 Å². The average Bonchev–Trinajstić information content (AvgIpc) is 2.15. The Balaban J connectivity index is 2.89. The van der Waals surface area contributed by atoms with Gasteiger partial charge in [0, 0.05) is 0 Å². The van der Waals surface area contributed by atoms with E-state index >= 15 is 0 Å². The minimum absolute atomic E-state index is 0.708. The summed E-state index contributed by atoms with van der Waals surface area (Å²) in [4.78, 5) is 7.40. The second-order valence-electron chi connectivity index (χ2n) is 5.18. The van der Waals surface area contributed by atoms with Crippen molar-refractivity contribution in [3.8, 4) is 0 Å². The van der Waals surface area contributed by atoms with Crippen molar-refractivity contribution in [2.45, 2.75) is 41.0 Å². The summed E-state index contributed by atoms with van der Waals surface area (Å²) in [5.74, 6) is 0.708. The summed E-state index contributed by atoms with van der Waals surface area (Å²) in [7, 11) is 0. The summed E-state index contributed by atoms with van der Waals surface area (Å²) < 4.78 is 1.63. The van der Waals surface area contributed by atoms with Crippen LogP contribution in [0.25, 0.3) is 0 Å². The van der Waals surface area contributed by atoms with Crippen LogP contribution in [0.15, 0.2) is 24.3 Å². The molecule has 1 aromatic carbocycles. The molecule has 0 bridgehead atoms. The van der Waals surface area contributed by atoms with Crippen LogP contribution in [0.5, 0.6) is 0 Å². The molecular weight excluding hydrogens is 275 g/mol. The fourth-order valence-electron chi connectivity index (χ4n) is 1.55. The molecule has 0 amide bonds. The molecule has 0 saturated heterocycles. The Hall–Kier alpha value is 0.0187. The molecule has 1 heteroatoms. The second kappa shape index (κ2) is 4.69. The van der Waals surface area contributed by atoms with E-state index in [2.05, 4.69) is 52.9 Å². The van der Waals surface area contributed by atoms with Crippen molar-refractivity contribution in [1.29, 1.82) is 0 Å². The number of benzene rings is 1. The molecule has 0 fully saturated rings. The van der Waals surface area contributed by atoms with Gasteiger partial charge in [-0.15, -0.1) is 0 Å². The first-order valence-corrected chi connectivity index (χ1v) is 15.5. The molecule has 0 aromatic heterocycles. The molecule has 0 spiro atoms. The molecule has 1 atom stereocenters. The third-order valence-electron chi connectivity index (χ3n) is 2.96. The van der Waals surface area contributed by atoms with Gasteiger partial charge in [0.2, 0.25) is 0 Å². The molecule has 0 radical (unpaired) electrons. The van der Waals surface area contributed by atoms with E-state index in [0.717, 1.165) is 0 Å². The van der Waals surface area contributed by atoms with E-state index in [0.29, 0.717) is 5.92 Å². The molecule has 0 aliphatic carbocycles. The van der Waals surface area contributed by atoms with Crippen molar-refractivity contribution in [3.63, 3.8) is 0 Å². The minimum atomic E-state index is -1.80. The van der Waals surface area contributed by atoms with Crippen molar-refractivity contribution in [1.82, 2.24) is 0 Å². The summed E-state index contributed by atoms with van der Waals surface area (Å²) in [5.41, 5.74) is 1.49. The van der Waals surface area contributed by atoms with Crippen molar-refractivity contribution in [3.05, 3.63) is 29.8 Å². The normalized spacial score (nSPS) is 14.1. The molecule has 1 aromatic rings. The van der Waals surface area contributed by atoms with Crippen LogP contribution in [0.2, 0.25) is 14.8 Å². The maximum absolute atomic E-state index is 2.47. The Kier molecular flexibility index (Phi) is 4.05. The predicted molar refractivity (Wildman–Crippen MR) is 68.1 cm³/mol. The predicted octanol–water partition coefficient (Wildman–Crippen LogP) is 3.75. The number of rotatable bonds is 3. The Morgan fingerprint density at radius 3 is 1.93 bits per heavy atom. The monoisotopic (exact) mass is 298 g/mol. The van der Waals surface area contributed by atoms with E-state index in [1.807, 2.05) is 0 Å². The topological polar surface area (TPSA) is 0 Å². The Bertz CT molecular complexity index is 279. The van der Waals surface area contributed by atoms with E-state index in [4.69, 9.17) is 0 Å². The molecule has 0 aliphatic rings. The summed E-state index contributed by atoms with van der Waals surface area (Å²) in [6.45, 7) is 4.55. The quantitative estimate of drug-likeness (QED) is 0.745. The van der Waals surface area contributed by atoms with Gasteiger partial charge in [-0.1, -0.05) is 0 Å². The van der Waals surface area contributed by atoms with Gasteiger partial charge in [0.15, 0.2) is 0 Å². The molecule has 0 nitrogen and oxygen atoms in total. The van der Waals surface area contributed by atoms with Crippen molar-refractivity contribution < 1.29 is 0 Å². The molecule has 0 saturated carbocycles. The van der Waals surface area contributed by atoms with Gasteiger partial charge in [0.05, 0.1) is 0 Å². The molecule has 1 unspecified atom stereocenters. The SMILES string of the molecule is CCC(C)c1cc[c]([Sn]([CH3])([CH3])[CH3])cc1. The van der Waals surface area contributed by atoms with Crippen molar-refractivity contribution in [2.24, 2.45) is 0 Å². The fraction of sp³-hybridized carbons (Fsp3) is 0.538. The Labute approximate surface area is 92.6 Å². The van der Waals surface area contributed by atoms with Crippen LogP contribution >= 0.6 is 0 Å². The molecule has 0 heterocycles. The second-order valence-corrected chi connectivity index (χ2v) is 19.7. The van der Waals surface area contributed by atoms with E-state index < -0.39 is 18.4 Å². The van der Waals surface area contributed by atoms with Gasteiger partial charge >= 0.3 is 92.8 Å². The van der Waals surface area contributed by atoms with Gasteiger partial charge in [-0.25, -0.2) is 0 Å². The third kappa shape index (κ3) is 3.01. The molecule has 0 N–H and O–H groups in total. The summed E-state index contributed by atoms with van der Waals surface area (Å²) in [6, 6.07) is 9.37. The first-order valence-electron chi connectivity index (χ1n) is 5.55. The number of hydrogen-bond donors (Lipinski definition) is 0. The maximum atomic E-state index is 2.47. The van der Waals surface area contributed by atoms with E-state index in [9.17, 15) is 0 Å². The zero-order valence-corrected chi connectivity index (χ0v) is 12.9. The van der Waals surface area contributed by atoms with Gasteiger partial charge < -0.3 is 0 Å². The molecule has 78 valence electrons. The standard InChI is InChI=1S/C10H13.3CH3.Sn/c1-3-9(2)10-7-5-4-6-8-10;;;;/h5-9H,3H2,1-2H3;3*1H3;. The first kappa shape index (κ1) is 12.1. The average molecular weight is 297 g/mol. The molecule has 0 aliphatic heterocycles. The zero-order chi connectivity index (χ0) is 10.8. The molecule has 1 rings (SSSR count). The summed E-state index contributed by atoms with van der Waals surface area (Å²) >= 11 is -1.80. The molecular formula is C13H22Sn. The Morgan fingerprint density at radius 1 is 1.07 bits per heavy atom. The van der Waals surface area contributed by atoms with E-state index in [1.165, 1.54) is 12.0 Å². The van der Waals surface area contributed by atoms with Gasteiger partial charge in [0.1, 0.15) is 0 Å². The zero-order valence-electron chi connectivity index (χ0n) is 10.1. The Morgan fingerprint density at radius 2 is 1.57 bits per heavy atom. The van der Waals surface area contributed by atoms with Crippen molar-refractivity contribution >= 4 is 22.0 Å². The first-order chi connectivity index (χ1) is 6.45. The number of hydrogen-bond acceptors (Lipinski definition) is 0. The van der Waals surface area contributed by atoms with Crippen molar-refractivity contribution in [2.75, 3.05) is 0 Å². The van der Waals surface area contributed by atoms with Gasteiger partial charge in [-0.3, -0.25) is 0 Å². The van der Waals surface area contributed by atoms with E-state index in [1.54, 1.807) is 3.58 Å². The fourth-order valence-corrected chi connectivity index (χ4v) is 4.88. The van der Waals surface area contributed by atoms with Crippen LogP contribution in [-0.2, 0) is 0 Å². The summed E-state index contributed by atoms with van der Waals surface area (Å²) in [6.07, 6.45) is 1.23. The van der Waals surface area contributed by atoms with Crippen LogP contribution in [0.3, 0.4) is 0 Å². The van der Waals surface area contributed by atoms with Crippen LogP contribution in [0.1, 0.15) is 31.7 Å². The van der Waals surface area contributed by atoms with Crippen LogP contribution in [-0.4, -0.2) is 18.4 Å². The third-order valence-corrected chi connectivity index (χ3v) is 8.85. The van der Waals surface area contributed by atoms with Crippen LogP contribution in [0.4, 0.5) is 0 Å². The van der Waals surface area contributed by atoms with E-state index in [-0.39, 0.29) is 0 Å².